The number of anilines is 1. The number of nitrogens with zero attached hydrogens (tertiary/aromatic N) is 1. The lowest BCUT2D eigenvalue weighted by atomic mass is 10.2. The van der Waals surface area contributed by atoms with E-state index in [1.165, 1.54) is 7.05 Å². The van der Waals surface area contributed by atoms with E-state index in [1.54, 1.807) is 0 Å². The number of amides is 1. The number of ether oxygens (including phenoxy) is 1. The van der Waals surface area contributed by atoms with Gasteiger partial charge in [0.1, 0.15) is 0 Å². The molecule has 1 aromatic carbocycles. The first kappa shape index (κ1) is 23.4. The number of hydrogen-bond donors (Lipinski definition) is 3. The Bertz CT molecular complexity index is 588. The monoisotopic (exact) mass is 474 g/mol. The van der Waals surface area contributed by atoms with Crippen LogP contribution in [0.5, 0.6) is 0 Å². The Morgan fingerprint density at radius 2 is 1.92 bits per heavy atom. The van der Waals surface area contributed by atoms with Crippen molar-refractivity contribution in [1.82, 2.24) is 10.6 Å². The van der Waals surface area contributed by atoms with E-state index in [4.69, 9.17) is 4.74 Å². The summed E-state index contributed by atoms with van der Waals surface area (Å²) in [7, 11) is 1.53. The zero-order chi connectivity index (χ0) is 17.9. The quantitative estimate of drug-likeness (QED) is 0.178. The van der Waals surface area contributed by atoms with E-state index >= 15 is 0 Å². The highest BCUT2D eigenvalue weighted by Crippen LogP contribution is 2.19. The number of rotatable bonds is 8. The number of carbonyl (C=O) groups is 1. The fourth-order valence-corrected chi connectivity index (χ4v) is 1.73. The molecule has 25 heavy (non-hydrogen) atoms. The smallest absolute Gasteiger partial charge is 0.243 e. The second kappa shape index (κ2) is 12.8. The Morgan fingerprint density at radius 3 is 2.56 bits per heavy atom. The molecule has 0 saturated heterocycles. The number of aliphatic imine (C=N–C) groups is 1. The summed E-state index contributed by atoms with van der Waals surface area (Å²) in [5.41, 5.74) is -0.430. The Balaban J connectivity index is 0.00000576. The topological polar surface area (TPSA) is 74.8 Å². The summed E-state index contributed by atoms with van der Waals surface area (Å²) in [6.07, 6.45) is 0.765. The highest BCUT2D eigenvalue weighted by molar-refractivity contribution is 14.0. The molecular weight excluding hydrogens is 452 g/mol. The van der Waals surface area contributed by atoms with Crippen LogP contribution in [-0.2, 0) is 9.53 Å². The molecule has 0 radical (unpaired) electrons. The Hall–Kier alpha value is -1.56. The molecule has 1 aromatic rings. The Labute approximate surface area is 161 Å². The van der Waals surface area contributed by atoms with Gasteiger partial charge in [-0.2, -0.15) is 0 Å². The number of halogens is 4. The predicted octanol–water partition coefficient (Wildman–Crippen LogP) is 2.25. The van der Waals surface area contributed by atoms with Crippen molar-refractivity contribution in [3.8, 4) is 0 Å². The first-order chi connectivity index (χ1) is 11.5. The van der Waals surface area contributed by atoms with Crippen molar-refractivity contribution in [3.05, 3.63) is 29.6 Å². The number of hydrogen-bond acceptors (Lipinski definition) is 3. The molecule has 0 saturated carbocycles. The molecule has 10 heteroatoms. The molecule has 6 nitrogen and oxygen atoms in total. The molecule has 0 aliphatic heterocycles. The van der Waals surface area contributed by atoms with Crippen molar-refractivity contribution in [1.29, 1.82) is 0 Å². The largest absolute Gasteiger partial charge is 0.382 e. The van der Waals surface area contributed by atoms with Crippen LogP contribution in [0.3, 0.4) is 0 Å². The summed E-state index contributed by atoms with van der Waals surface area (Å²) >= 11 is 0. The van der Waals surface area contributed by atoms with Gasteiger partial charge in [0.15, 0.2) is 23.4 Å². The zero-order valence-corrected chi connectivity index (χ0v) is 16.3. The Kier molecular flexibility index (Phi) is 12.0. The van der Waals surface area contributed by atoms with Gasteiger partial charge in [0, 0.05) is 26.8 Å². The van der Waals surface area contributed by atoms with Crippen LogP contribution < -0.4 is 16.0 Å². The number of guanidine groups is 1. The van der Waals surface area contributed by atoms with E-state index in [-0.39, 0.29) is 30.5 Å². The van der Waals surface area contributed by atoms with Gasteiger partial charge in [0.25, 0.3) is 0 Å². The van der Waals surface area contributed by atoms with Gasteiger partial charge in [-0.1, -0.05) is 0 Å². The molecule has 1 amide bonds. The standard InChI is InChI=1S/C15H21F3N4O2.HI/c1-3-24-8-4-7-20-15(19-2)21-9-12(23)22-11-6-5-10(16)13(17)14(11)18;/h5-6H,3-4,7-9H2,1-2H3,(H,22,23)(H2,19,20,21);1H. The van der Waals surface area contributed by atoms with Gasteiger partial charge < -0.3 is 20.7 Å². The van der Waals surface area contributed by atoms with Gasteiger partial charge in [-0.3, -0.25) is 9.79 Å². The predicted molar refractivity (Wildman–Crippen MR) is 101 cm³/mol. The average Bonchev–Trinajstić information content (AvgIpc) is 2.58. The second-order valence-corrected chi connectivity index (χ2v) is 4.67. The number of nitrogens with one attached hydrogen (secondary N) is 3. The van der Waals surface area contributed by atoms with E-state index in [0.29, 0.717) is 25.7 Å². The molecule has 0 aliphatic rings. The minimum Gasteiger partial charge on any atom is -0.382 e. The van der Waals surface area contributed by atoms with Crippen molar-refractivity contribution >= 4 is 41.5 Å². The van der Waals surface area contributed by atoms with E-state index in [1.807, 2.05) is 6.92 Å². The Morgan fingerprint density at radius 1 is 1.20 bits per heavy atom. The maximum atomic E-state index is 13.5. The summed E-state index contributed by atoms with van der Waals surface area (Å²) in [6.45, 7) is 3.54. The van der Waals surface area contributed by atoms with Crippen LogP contribution in [0.4, 0.5) is 18.9 Å². The SMILES string of the molecule is CCOCCCNC(=NC)NCC(=O)Nc1ccc(F)c(F)c1F.I. The van der Waals surface area contributed by atoms with Crippen molar-refractivity contribution in [2.75, 3.05) is 38.7 Å². The normalized spacial score (nSPS) is 10.8. The van der Waals surface area contributed by atoms with Gasteiger partial charge in [0.05, 0.1) is 12.2 Å². The van der Waals surface area contributed by atoms with Crippen LogP contribution in [0.25, 0.3) is 0 Å². The molecule has 142 valence electrons. The summed E-state index contributed by atoms with van der Waals surface area (Å²) in [5, 5.41) is 7.85. The van der Waals surface area contributed by atoms with Crippen LogP contribution in [0.2, 0.25) is 0 Å². The van der Waals surface area contributed by atoms with Gasteiger partial charge >= 0.3 is 0 Å². The number of carbonyl (C=O) groups excluding carboxylic acids is 1. The van der Waals surface area contributed by atoms with Gasteiger partial charge in [-0.25, -0.2) is 13.2 Å². The third-order valence-electron chi connectivity index (χ3n) is 2.91. The molecule has 1 rings (SSSR count). The fraction of sp³-hybridized carbons (Fsp3) is 0.467. The molecular formula is C15H22F3IN4O2. The molecule has 0 aromatic heterocycles. The minimum absolute atomic E-state index is 0. The molecule has 0 unspecified atom stereocenters. The van der Waals surface area contributed by atoms with E-state index in [9.17, 15) is 18.0 Å². The summed E-state index contributed by atoms with van der Waals surface area (Å²) in [4.78, 5) is 15.7. The average molecular weight is 474 g/mol. The molecule has 0 fully saturated rings. The zero-order valence-electron chi connectivity index (χ0n) is 14.0. The molecule has 3 N–H and O–H groups in total. The first-order valence-corrected chi connectivity index (χ1v) is 7.45. The summed E-state index contributed by atoms with van der Waals surface area (Å²) in [6, 6.07) is 1.69. The highest BCUT2D eigenvalue weighted by atomic mass is 127. The minimum atomic E-state index is -1.63. The van der Waals surface area contributed by atoms with Crippen molar-refractivity contribution in [3.63, 3.8) is 0 Å². The molecule has 0 atom stereocenters. The molecule has 0 spiro atoms. The maximum absolute atomic E-state index is 13.5. The fourth-order valence-electron chi connectivity index (χ4n) is 1.73. The third kappa shape index (κ3) is 8.38. The first-order valence-electron chi connectivity index (χ1n) is 7.45. The van der Waals surface area contributed by atoms with Gasteiger partial charge in [-0.15, -0.1) is 24.0 Å². The second-order valence-electron chi connectivity index (χ2n) is 4.67. The number of benzene rings is 1. The van der Waals surface area contributed by atoms with Crippen molar-refractivity contribution < 1.29 is 22.7 Å². The van der Waals surface area contributed by atoms with Gasteiger partial charge in [0.2, 0.25) is 5.91 Å². The van der Waals surface area contributed by atoms with Crippen molar-refractivity contribution in [2.45, 2.75) is 13.3 Å². The van der Waals surface area contributed by atoms with Crippen LogP contribution >= 0.6 is 24.0 Å². The van der Waals surface area contributed by atoms with Crippen LogP contribution in [0.1, 0.15) is 13.3 Å². The van der Waals surface area contributed by atoms with E-state index in [0.717, 1.165) is 18.6 Å². The van der Waals surface area contributed by atoms with Crippen LogP contribution in [-0.4, -0.2) is 45.2 Å². The summed E-state index contributed by atoms with van der Waals surface area (Å²) in [5.74, 6) is -4.64. The third-order valence-corrected chi connectivity index (χ3v) is 2.91. The van der Waals surface area contributed by atoms with E-state index < -0.39 is 29.0 Å². The molecule has 0 aliphatic carbocycles. The lowest BCUT2D eigenvalue weighted by molar-refractivity contribution is -0.115. The van der Waals surface area contributed by atoms with Crippen LogP contribution in [0, 0.1) is 17.5 Å². The molecule has 0 heterocycles. The molecule has 0 bridgehead atoms. The van der Waals surface area contributed by atoms with Crippen LogP contribution in [0.15, 0.2) is 17.1 Å². The summed E-state index contributed by atoms with van der Waals surface area (Å²) < 4.78 is 44.5. The lowest BCUT2D eigenvalue weighted by Crippen LogP contribution is -2.42. The van der Waals surface area contributed by atoms with Crippen molar-refractivity contribution in [2.24, 2.45) is 4.99 Å². The highest BCUT2D eigenvalue weighted by Gasteiger charge is 2.15. The lowest BCUT2D eigenvalue weighted by Gasteiger charge is -2.12. The van der Waals surface area contributed by atoms with E-state index in [2.05, 4.69) is 20.9 Å². The van der Waals surface area contributed by atoms with Gasteiger partial charge in [-0.05, 0) is 25.5 Å². The maximum Gasteiger partial charge on any atom is 0.243 e.